The average molecular weight is 331 g/mol. The summed E-state index contributed by atoms with van der Waals surface area (Å²) in [6.07, 6.45) is 2.27. The zero-order valence-corrected chi connectivity index (χ0v) is 12.8. The Morgan fingerprint density at radius 2 is 2.05 bits per heavy atom. The first-order valence-electron chi connectivity index (χ1n) is 6.36. The van der Waals surface area contributed by atoms with Gasteiger partial charge >= 0.3 is 0 Å². The van der Waals surface area contributed by atoms with Crippen LogP contribution in [0.25, 0.3) is 0 Å². The van der Waals surface area contributed by atoms with Crippen LogP contribution in [-0.2, 0) is 4.74 Å². The summed E-state index contributed by atoms with van der Waals surface area (Å²) in [5, 5.41) is 10.3. The summed E-state index contributed by atoms with van der Waals surface area (Å²) in [6, 6.07) is 3.62. The van der Waals surface area contributed by atoms with E-state index in [9.17, 15) is 5.11 Å². The molecule has 0 saturated carbocycles. The van der Waals surface area contributed by atoms with Gasteiger partial charge in [0.15, 0.2) is 11.5 Å². The fraction of sp³-hybridized carbons (Fsp3) is 0.571. The topological polar surface area (TPSA) is 47.9 Å². The van der Waals surface area contributed by atoms with Gasteiger partial charge in [0.1, 0.15) is 0 Å². The summed E-state index contributed by atoms with van der Waals surface area (Å²) in [7, 11) is 3.18. The van der Waals surface area contributed by atoms with Gasteiger partial charge in [-0.25, -0.2) is 0 Å². The minimum absolute atomic E-state index is 0.148. The van der Waals surface area contributed by atoms with E-state index >= 15 is 0 Å². The average Bonchev–Trinajstić information content (AvgIpc) is 2.90. The first-order chi connectivity index (χ1) is 9.15. The van der Waals surface area contributed by atoms with E-state index in [0.29, 0.717) is 17.9 Å². The molecule has 2 atom stereocenters. The Labute approximate surface area is 121 Å². The summed E-state index contributed by atoms with van der Waals surface area (Å²) in [5.41, 5.74) is 0.799. The molecule has 1 N–H and O–H groups in total. The minimum Gasteiger partial charge on any atom is -0.493 e. The molecule has 5 heteroatoms. The molecule has 0 aromatic heterocycles. The molecule has 0 bridgehead atoms. The molecule has 0 radical (unpaired) electrons. The Bertz CT molecular complexity index is 430. The number of aliphatic hydroxyl groups excluding tert-OH is 1. The van der Waals surface area contributed by atoms with Crippen LogP contribution < -0.4 is 9.47 Å². The molecular formula is C14H19BrO4. The van der Waals surface area contributed by atoms with Gasteiger partial charge in [0, 0.05) is 17.5 Å². The highest BCUT2D eigenvalue weighted by Gasteiger charge is 2.23. The normalized spacial score (nSPS) is 20.3. The van der Waals surface area contributed by atoms with Crippen LogP contribution >= 0.6 is 15.9 Å². The van der Waals surface area contributed by atoms with E-state index in [4.69, 9.17) is 14.2 Å². The van der Waals surface area contributed by atoms with Gasteiger partial charge < -0.3 is 19.3 Å². The zero-order valence-electron chi connectivity index (χ0n) is 11.2. The van der Waals surface area contributed by atoms with Gasteiger partial charge in [-0.05, 0) is 30.5 Å². The maximum Gasteiger partial charge on any atom is 0.161 e. The predicted octanol–water partition coefficient (Wildman–Crippen LogP) is 3.07. The first kappa shape index (κ1) is 14.6. The molecule has 19 heavy (non-hydrogen) atoms. The van der Waals surface area contributed by atoms with E-state index < -0.39 is 6.10 Å². The lowest BCUT2D eigenvalue weighted by Crippen LogP contribution is -2.12. The van der Waals surface area contributed by atoms with Crippen LogP contribution in [0.2, 0.25) is 0 Å². The summed E-state index contributed by atoms with van der Waals surface area (Å²) < 4.78 is 16.9. The minimum atomic E-state index is -0.572. The number of benzene rings is 1. The number of hydrogen-bond acceptors (Lipinski definition) is 4. The van der Waals surface area contributed by atoms with Gasteiger partial charge in [0.2, 0.25) is 0 Å². The Balaban J connectivity index is 2.17. The van der Waals surface area contributed by atoms with Gasteiger partial charge in [-0.2, -0.15) is 0 Å². The maximum absolute atomic E-state index is 10.3. The van der Waals surface area contributed by atoms with Crippen LogP contribution in [0.3, 0.4) is 0 Å². The highest BCUT2D eigenvalue weighted by molar-refractivity contribution is 9.10. The van der Waals surface area contributed by atoms with Crippen molar-refractivity contribution in [1.29, 1.82) is 0 Å². The molecule has 1 saturated heterocycles. The molecule has 0 spiro atoms. The monoisotopic (exact) mass is 330 g/mol. The number of methoxy groups -OCH3 is 2. The van der Waals surface area contributed by atoms with E-state index in [1.54, 1.807) is 14.2 Å². The molecule has 4 nitrogen and oxygen atoms in total. The molecule has 2 rings (SSSR count). The molecule has 1 aliphatic rings. The van der Waals surface area contributed by atoms with Crippen molar-refractivity contribution in [2.75, 3.05) is 20.8 Å². The van der Waals surface area contributed by atoms with Gasteiger partial charge in [-0.3, -0.25) is 0 Å². The van der Waals surface area contributed by atoms with Crippen LogP contribution in [0.1, 0.15) is 30.9 Å². The summed E-state index contributed by atoms with van der Waals surface area (Å²) in [4.78, 5) is 0. The quantitative estimate of drug-likeness (QED) is 0.901. The summed E-state index contributed by atoms with van der Waals surface area (Å²) in [5.74, 6) is 1.26. The van der Waals surface area contributed by atoms with Crippen molar-refractivity contribution in [2.24, 2.45) is 0 Å². The Morgan fingerprint density at radius 1 is 1.37 bits per heavy atom. The summed E-state index contributed by atoms with van der Waals surface area (Å²) >= 11 is 3.46. The number of hydrogen-bond donors (Lipinski definition) is 1. The van der Waals surface area contributed by atoms with Gasteiger partial charge in [-0.1, -0.05) is 15.9 Å². The molecule has 1 heterocycles. The third-order valence-electron chi connectivity index (χ3n) is 3.37. The van der Waals surface area contributed by atoms with Crippen molar-refractivity contribution < 1.29 is 19.3 Å². The molecule has 2 unspecified atom stereocenters. The van der Waals surface area contributed by atoms with E-state index in [2.05, 4.69) is 15.9 Å². The van der Waals surface area contributed by atoms with E-state index in [-0.39, 0.29) is 6.10 Å². The lowest BCUT2D eigenvalue weighted by molar-refractivity contribution is 0.0531. The Morgan fingerprint density at radius 3 is 2.63 bits per heavy atom. The van der Waals surface area contributed by atoms with Gasteiger partial charge in [0.05, 0.1) is 26.4 Å². The number of rotatable bonds is 5. The highest BCUT2D eigenvalue weighted by Crippen LogP contribution is 2.37. The molecule has 1 aliphatic heterocycles. The third kappa shape index (κ3) is 3.41. The summed E-state index contributed by atoms with van der Waals surface area (Å²) in [6.45, 7) is 0.796. The number of aliphatic hydroxyl groups is 1. The van der Waals surface area contributed by atoms with Gasteiger partial charge in [0.25, 0.3) is 0 Å². The fourth-order valence-electron chi connectivity index (χ4n) is 2.33. The van der Waals surface area contributed by atoms with Crippen LogP contribution in [0, 0.1) is 0 Å². The Kier molecular flexibility index (Phi) is 5.07. The lowest BCUT2D eigenvalue weighted by Gasteiger charge is -2.18. The fourth-order valence-corrected chi connectivity index (χ4v) is 2.92. The molecule has 0 amide bonds. The smallest absolute Gasteiger partial charge is 0.161 e. The molecule has 1 fully saturated rings. The van der Waals surface area contributed by atoms with E-state index in [0.717, 1.165) is 29.5 Å². The van der Waals surface area contributed by atoms with Crippen molar-refractivity contribution >= 4 is 15.9 Å². The van der Waals surface area contributed by atoms with Crippen molar-refractivity contribution in [3.05, 3.63) is 22.2 Å². The van der Waals surface area contributed by atoms with Crippen molar-refractivity contribution in [2.45, 2.75) is 31.5 Å². The predicted molar refractivity (Wildman–Crippen MR) is 75.8 cm³/mol. The molecule has 106 valence electrons. The second-order valence-corrected chi connectivity index (χ2v) is 5.47. The second kappa shape index (κ2) is 6.59. The van der Waals surface area contributed by atoms with Crippen LogP contribution in [0.5, 0.6) is 11.5 Å². The molecular weight excluding hydrogens is 312 g/mol. The Hall–Kier alpha value is -0.780. The van der Waals surface area contributed by atoms with Crippen LogP contribution in [0.15, 0.2) is 16.6 Å². The van der Waals surface area contributed by atoms with Crippen LogP contribution in [-0.4, -0.2) is 32.0 Å². The largest absolute Gasteiger partial charge is 0.493 e. The van der Waals surface area contributed by atoms with Crippen molar-refractivity contribution in [3.63, 3.8) is 0 Å². The first-order valence-corrected chi connectivity index (χ1v) is 7.16. The SMILES string of the molecule is COc1cc(Br)c(C(O)CC2CCCO2)cc1OC. The molecule has 1 aromatic carbocycles. The molecule has 0 aliphatic carbocycles. The lowest BCUT2D eigenvalue weighted by atomic mass is 10.0. The van der Waals surface area contributed by atoms with Gasteiger partial charge in [-0.15, -0.1) is 0 Å². The van der Waals surface area contributed by atoms with Crippen LogP contribution in [0.4, 0.5) is 0 Å². The second-order valence-electron chi connectivity index (χ2n) is 4.62. The number of halogens is 1. The number of ether oxygens (including phenoxy) is 3. The molecule has 1 aromatic rings. The van der Waals surface area contributed by atoms with Crippen molar-refractivity contribution in [3.8, 4) is 11.5 Å². The van der Waals surface area contributed by atoms with Crippen molar-refractivity contribution in [1.82, 2.24) is 0 Å². The standard InChI is InChI=1S/C14H19BrO4/c1-17-13-7-10(11(15)8-14(13)18-2)12(16)6-9-4-3-5-19-9/h7-9,12,16H,3-6H2,1-2H3. The third-order valence-corrected chi connectivity index (χ3v) is 4.06. The maximum atomic E-state index is 10.3. The highest BCUT2D eigenvalue weighted by atomic mass is 79.9. The van der Waals surface area contributed by atoms with E-state index in [1.807, 2.05) is 12.1 Å². The van der Waals surface area contributed by atoms with E-state index in [1.165, 1.54) is 0 Å². The zero-order chi connectivity index (χ0) is 13.8.